The maximum Gasteiger partial charge on any atom is 0.295 e. The van der Waals surface area contributed by atoms with Gasteiger partial charge in [-0.1, -0.05) is 12.1 Å². The minimum Gasteiger partial charge on any atom is -0.378 e. The van der Waals surface area contributed by atoms with Gasteiger partial charge in [-0.25, -0.2) is 0 Å². The van der Waals surface area contributed by atoms with E-state index in [2.05, 4.69) is 25.6 Å². The molecule has 14 nitrogen and oxygen atoms in total. The summed E-state index contributed by atoms with van der Waals surface area (Å²) in [6.07, 6.45) is 0. The van der Waals surface area contributed by atoms with Gasteiger partial charge < -0.3 is 26.0 Å². The molecular formula is C19H23N7O7S2. The molecular weight excluding hydrogens is 502 g/mol. The van der Waals surface area contributed by atoms with Crippen LogP contribution in [0.4, 0.5) is 23.5 Å². The average molecular weight is 526 g/mol. The molecule has 0 spiro atoms. The first kappa shape index (κ1) is 25.0. The molecule has 0 unspecified atom stereocenters. The van der Waals surface area contributed by atoms with E-state index < -0.39 is 30.0 Å². The zero-order valence-electron chi connectivity index (χ0n) is 18.2. The molecule has 0 atom stereocenters. The standard InChI is InChI=1S/C19H23N7O7S2/c20-4-5-21-17-23-18(25-19(24-17)26-6-8-33-9-7-26)22-14-3-1-2-12-10-13(34(27,28)29)11-15(16(12)14)35(30,31)32/h1-3,10-11H,4-9,20H2,(H,27,28,29)(H,30,31,32)(H2,21,22,23,24,25). The van der Waals surface area contributed by atoms with Gasteiger partial charge in [-0.15, -0.1) is 0 Å². The Morgan fingerprint density at radius 3 is 2.37 bits per heavy atom. The van der Waals surface area contributed by atoms with Gasteiger partial charge in [0.05, 0.1) is 23.8 Å². The third-order valence-corrected chi connectivity index (χ3v) is 6.79. The maximum atomic E-state index is 12.1. The van der Waals surface area contributed by atoms with Crippen molar-refractivity contribution in [1.29, 1.82) is 0 Å². The second-order valence-corrected chi connectivity index (χ2v) is 10.3. The fourth-order valence-corrected chi connectivity index (χ4v) is 4.91. The van der Waals surface area contributed by atoms with Crippen LogP contribution in [0.5, 0.6) is 0 Å². The Kier molecular flexibility index (Phi) is 7.02. The number of hydrogen-bond donors (Lipinski definition) is 5. The average Bonchev–Trinajstić information content (AvgIpc) is 2.81. The Balaban J connectivity index is 1.84. The molecule has 0 saturated carbocycles. The fourth-order valence-electron chi connectivity index (χ4n) is 3.53. The first-order valence-corrected chi connectivity index (χ1v) is 13.3. The van der Waals surface area contributed by atoms with Crippen LogP contribution in [-0.4, -0.2) is 80.3 Å². The number of morpholine rings is 1. The number of benzene rings is 2. The lowest BCUT2D eigenvalue weighted by atomic mass is 10.1. The van der Waals surface area contributed by atoms with Crippen LogP contribution in [-0.2, 0) is 25.0 Å². The summed E-state index contributed by atoms with van der Waals surface area (Å²) < 4.78 is 72.2. The Morgan fingerprint density at radius 1 is 1.00 bits per heavy atom. The SMILES string of the molecule is NCCNc1nc(Nc2cccc3cc(S(=O)(=O)O)cc(S(=O)(=O)O)c23)nc(N2CCOCC2)n1. The monoisotopic (exact) mass is 525 g/mol. The van der Waals surface area contributed by atoms with Gasteiger partial charge in [-0.3, -0.25) is 9.11 Å². The first-order chi connectivity index (χ1) is 16.6. The molecule has 0 radical (unpaired) electrons. The van der Waals surface area contributed by atoms with Crippen LogP contribution in [0.25, 0.3) is 10.8 Å². The fraction of sp³-hybridized carbons (Fsp3) is 0.316. The maximum absolute atomic E-state index is 12.1. The summed E-state index contributed by atoms with van der Waals surface area (Å²) in [4.78, 5) is 13.7. The van der Waals surface area contributed by atoms with Crippen LogP contribution >= 0.6 is 0 Å². The Morgan fingerprint density at radius 2 is 1.71 bits per heavy atom. The number of anilines is 4. The molecule has 0 amide bonds. The smallest absolute Gasteiger partial charge is 0.295 e. The minimum absolute atomic E-state index is 0.0211. The molecule has 1 saturated heterocycles. The van der Waals surface area contributed by atoms with E-state index >= 15 is 0 Å². The molecule has 4 rings (SSSR count). The van der Waals surface area contributed by atoms with Crippen molar-refractivity contribution in [1.82, 2.24) is 15.0 Å². The molecule has 0 aliphatic carbocycles. The topological polar surface area (TPSA) is 210 Å². The molecule has 35 heavy (non-hydrogen) atoms. The summed E-state index contributed by atoms with van der Waals surface area (Å²) in [5.41, 5.74) is 5.73. The van der Waals surface area contributed by atoms with E-state index in [1.54, 1.807) is 0 Å². The van der Waals surface area contributed by atoms with E-state index in [1.165, 1.54) is 18.2 Å². The van der Waals surface area contributed by atoms with Crippen LogP contribution in [0.1, 0.15) is 0 Å². The molecule has 1 aromatic heterocycles. The Labute approximate surface area is 201 Å². The number of nitrogens with zero attached hydrogens (tertiary/aromatic N) is 4. The van der Waals surface area contributed by atoms with Crippen molar-refractivity contribution in [2.75, 3.05) is 54.9 Å². The van der Waals surface area contributed by atoms with Crippen LogP contribution in [0.15, 0.2) is 40.1 Å². The number of aromatic nitrogens is 3. The van der Waals surface area contributed by atoms with Gasteiger partial charge in [0.2, 0.25) is 17.8 Å². The normalized spacial score (nSPS) is 14.8. The third-order valence-electron chi connectivity index (χ3n) is 5.08. The van der Waals surface area contributed by atoms with Gasteiger partial charge >= 0.3 is 0 Å². The van der Waals surface area contributed by atoms with E-state index in [-0.39, 0.29) is 28.4 Å². The molecule has 1 fully saturated rings. The largest absolute Gasteiger partial charge is 0.378 e. The molecule has 188 valence electrons. The molecule has 6 N–H and O–H groups in total. The molecule has 3 aromatic rings. The summed E-state index contributed by atoms with van der Waals surface area (Å²) in [7, 11) is -9.63. The van der Waals surface area contributed by atoms with Crippen molar-refractivity contribution in [3.63, 3.8) is 0 Å². The van der Waals surface area contributed by atoms with Gasteiger partial charge in [0.25, 0.3) is 20.2 Å². The molecule has 1 aliphatic heterocycles. The van der Waals surface area contributed by atoms with Crippen molar-refractivity contribution >= 4 is 54.5 Å². The zero-order chi connectivity index (χ0) is 25.2. The van der Waals surface area contributed by atoms with E-state index in [4.69, 9.17) is 10.5 Å². The number of fused-ring (bicyclic) bond motifs is 1. The highest BCUT2D eigenvalue weighted by atomic mass is 32.2. The number of rotatable bonds is 8. The molecule has 2 heterocycles. The van der Waals surface area contributed by atoms with Crippen LogP contribution in [0.3, 0.4) is 0 Å². The Bertz CT molecular complexity index is 1460. The molecule has 0 bridgehead atoms. The zero-order valence-corrected chi connectivity index (χ0v) is 19.9. The lowest BCUT2D eigenvalue weighted by Gasteiger charge is -2.27. The van der Waals surface area contributed by atoms with Crippen molar-refractivity contribution < 1.29 is 30.7 Å². The first-order valence-electron chi connectivity index (χ1n) is 10.4. The lowest BCUT2D eigenvalue weighted by Crippen LogP contribution is -2.37. The molecule has 2 aromatic carbocycles. The quantitative estimate of drug-likeness (QED) is 0.253. The predicted molar refractivity (Wildman–Crippen MR) is 127 cm³/mol. The summed E-state index contributed by atoms with van der Waals surface area (Å²) in [5, 5.41) is 6.02. The summed E-state index contributed by atoms with van der Waals surface area (Å²) >= 11 is 0. The lowest BCUT2D eigenvalue weighted by molar-refractivity contribution is 0.122. The van der Waals surface area contributed by atoms with Crippen LogP contribution in [0.2, 0.25) is 0 Å². The van der Waals surface area contributed by atoms with Crippen LogP contribution < -0.4 is 21.3 Å². The predicted octanol–water partition coefficient (Wildman–Crippen LogP) is 0.469. The van der Waals surface area contributed by atoms with E-state index in [0.717, 1.165) is 6.07 Å². The van der Waals surface area contributed by atoms with Crippen molar-refractivity contribution in [2.45, 2.75) is 9.79 Å². The van der Waals surface area contributed by atoms with Crippen molar-refractivity contribution in [3.05, 3.63) is 30.3 Å². The summed E-state index contributed by atoms with van der Waals surface area (Å²) in [6.45, 7) is 2.83. The second kappa shape index (κ2) is 9.84. The second-order valence-electron chi connectivity index (χ2n) is 7.50. The van der Waals surface area contributed by atoms with Gasteiger partial charge in [-0.2, -0.15) is 31.8 Å². The highest BCUT2D eigenvalue weighted by Gasteiger charge is 2.23. The summed E-state index contributed by atoms with van der Waals surface area (Å²) in [5.74, 6) is 0.654. The number of nitrogens with one attached hydrogen (secondary N) is 2. The van der Waals surface area contributed by atoms with Gasteiger partial charge in [-0.05, 0) is 23.6 Å². The minimum atomic E-state index is -4.89. The third kappa shape index (κ3) is 5.75. The highest BCUT2D eigenvalue weighted by Crippen LogP contribution is 2.34. The highest BCUT2D eigenvalue weighted by molar-refractivity contribution is 7.86. The van der Waals surface area contributed by atoms with E-state index in [1.807, 2.05) is 4.90 Å². The van der Waals surface area contributed by atoms with Crippen molar-refractivity contribution in [2.24, 2.45) is 5.73 Å². The molecule has 1 aliphatic rings. The van der Waals surface area contributed by atoms with Gasteiger partial charge in [0.15, 0.2) is 0 Å². The number of nitrogens with two attached hydrogens (primary N) is 1. The van der Waals surface area contributed by atoms with Crippen LogP contribution in [0, 0.1) is 0 Å². The Hall–Kier alpha value is -3.15. The number of ether oxygens (including phenoxy) is 1. The van der Waals surface area contributed by atoms with E-state index in [9.17, 15) is 25.9 Å². The molecule has 16 heteroatoms. The van der Waals surface area contributed by atoms with Gasteiger partial charge in [0, 0.05) is 31.6 Å². The van der Waals surface area contributed by atoms with E-state index in [0.29, 0.717) is 51.4 Å². The van der Waals surface area contributed by atoms with Gasteiger partial charge in [0.1, 0.15) is 4.90 Å². The number of hydrogen-bond acceptors (Lipinski definition) is 12. The summed E-state index contributed by atoms with van der Waals surface area (Å²) in [6, 6.07) is 6.24. The van der Waals surface area contributed by atoms with Crippen molar-refractivity contribution in [3.8, 4) is 0 Å².